The van der Waals surface area contributed by atoms with Gasteiger partial charge < -0.3 is 19.4 Å². The number of benzene rings is 2. The van der Waals surface area contributed by atoms with E-state index in [1.54, 1.807) is 36.0 Å². The highest BCUT2D eigenvalue weighted by atomic mass is 19.1. The maximum Gasteiger partial charge on any atom is 0.412 e. The number of carbonyl (C=O) groups excluding carboxylic acids is 2. The highest BCUT2D eigenvalue weighted by molar-refractivity contribution is 5.90. The summed E-state index contributed by atoms with van der Waals surface area (Å²) in [7, 11) is 3.56. The Morgan fingerprint density at radius 3 is 2.45 bits per heavy atom. The number of hydrogen-bond acceptors (Lipinski definition) is 5. The van der Waals surface area contributed by atoms with Crippen LogP contribution in [0.3, 0.4) is 0 Å². The third kappa shape index (κ3) is 5.03. The van der Waals surface area contributed by atoms with E-state index in [9.17, 15) is 14.0 Å². The van der Waals surface area contributed by atoms with Crippen molar-refractivity contribution in [3.8, 4) is 0 Å². The molecule has 2 atom stereocenters. The van der Waals surface area contributed by atoms with Gasteiger partial charge in [0.1, 0.15) is 12.4 Å². The highest BCUT2D eigenvalue weighted by Gasteiger charge is 2.39. The van der Waals surface area contributed by atoms with Gasteiger partial charge in [-0.25, -0.2) is 14.0 Å². The lowest BCUT2D eigenvalue weighted by molar-refractivity contribution is 0.0233. The molecule has 2 aromatic rings. The lowest BCUT2D eigenvalue weighted by Gasteiger charge is -2.42. The van der Waals surface area contributed by atoms with Crippen molar-refractivity contribution in [2.24, 2.45) is 5.92 Å². The minimum absolute atomic E-state index is 0.0108. The zero-order valence-corrected chi connectivity index (χ0v) is 19.2. The van der Waals surface area contributed by atoms with Gasteiger partial charge in [0.2, 0.25) is 0 Å². The van der Waals surface area contributed by atoms with Crippen LogP contribution in [0, 0.1) is 11.7 Å². The summed E-state index contributed by atoms with van der Waals surface area (Å²) in [6, 6.07) is 14.2. The molecule has 2 aliphatic heterocycles. The number of rotatable bonds is 5. The van der Waals surface area contributed by atoms with E-state index in [2.05, 4.69) is 17.1 Å². The van der Waals surface area contributed by atoms with E-state index in [1.165, 1.54) is 6.07 Å². The Bertz CT molecular complexity index is 991. The number of para-hydroxylation sites is 1. The second-order valence-corrected chi connectivity index (χ2v) is 8.82. The Labute approximate surface area is 193 Å². The van der Waals surface area contributed by atoms with E-state index in [1.807, 2.05) is 35.2 Å². The lowest BCUT2D eigenvalue weighted by Crippen LogP contribution is -2.59. The molecule has 0 radical (unpaired) electrons. The van der Waals surface area contributed by atoms with E-state index in [4.69, 9.17) is 4.74 Å². The monoisotopic (exact) mass is 455 g/mol. The number of carbonyl (C=O) groups is 2. The molecule has 2 saturated heterocycles. The van der Waals surface area contributed by atoms with Gasteiger partial charge in [-0.05, 0) is 23.6 Å². The van der Waals surface area contributed by atoms with Crippen LogP contribution in [-0.2, 0) is 11.3 Å². The van der Waals surface area contributed by atoms with E-state index in [0.29, 0.717) is 37.8 Å². The highest BCUT2D eigenvalue weighted by Crippen LogP contribution is 2.35. The van der Waals surface area contributed by atoms with Crippen molar-refractivity contribution in [1.82, 2.24) is 14.7 Å². The summed E-state index contributed by atoms with van der Waals surface area (Å²) in [4.78, 5) is 32.1. The summed E-state index contributed by atoms with van der Waals surface area (Å²) in [5, 5.41) is 2.71. The molecular formula is C24H30FN5O3. The molecular weight excluding hydrogens is 425 g/mol. The van der Waals surface area contributed by atoms with Crippen LogP contribution in [0.5, 0.6) is 0 Å². The number of nitrogens with zero attached hydrogens (tertiary/aromatic N) is 4. The molecule has 0 aliphatic carbocycles. The molecule has 0 unspecified atom stereocenters. The molecule has 2 fully saturated rings. The summed E-state index contributed by atoms with van der Waals surface area (Å²) in [5.41, 5.74) is 1.61. The third-order valence-corrected chi connectivity index (χ3v) is 6.23. The Balaban J connectivity index is 1.45. The summed E-state index contributed by atoms with van der Waals surface area (Å²) in [6.45, 7) is 4.54. The van der Waals surface area contributed by atoms with Crippen LogP contribution in [0.25, 0.3) is 0 Å². The van der Waals surface area contributed by atoms with Gasteiger partial charge in [0.25, 0.3) is 0 Å². The zero-order valence-electron chi connectivity index (χ0n) is 19.2. The molecule has 8 nitrogen and oxygen atoms in total. The van der Waals surface area contributed by atoms with E-state index in [0.717, 1.165) is 5.56 Å². The average Bonchev–Trinajstić information content (AvgIpc) is 3.17. The lowest BCUT2D eigenvalue weighted by atomic mass is 10.1. The van der Waals surface area contributed by atoms with E-state index >= 15 is 0 Å². The van der Waals surface area contributed by atoms with Crippen molar-refractivity contribution in [3.63, 3.8) is 0 Å². The molecule has 0 aromatic heterocycles. The number of ether oxygens (including phenoxy) is 1. The largest absolute Gasteiger partial charge is 0.444 e. The maximum atomic E-state index is 15.0. The Kier molecular flexibility index (Phi) is 6.69. The van der Waals surface area contributed by atoms with Gasteiger partial charge >= 0.3 is 12.1 Å². The summed E-state index contributed by atoms with van der Waals surface area (Å²) in [5.74, 6) is -0.149. The minimum Gasteiger partial charge on any atom is -0.444 e. The van der Waals surface area contributed by atoms with Crippen LogP contribution in [-0.4, -0.2) is 73.4 Å². The minimum atomic E-state index is -0.632. The quantitative estimate of drug-likeness (QED) is 0.746. The maximum absolute atomic E-state index is 15.0. The molecule has 0 saturated carbocycles. The molecule has 176 valence electrons. The van der Waals surface area contributed by atoms with Crippen molar-refractivity contribution < 1.29 is 18.7 Å². The molecule has 33 heavy (non-hydrogen) atoms. The molecule has 4 rings (SSSR count). The van der Waals surface area contributed by atoms with Crippen molar-refractivity contribution in [2.75, 3.05) is 50.7 Å². The standard InChI is InChI=1S/C24H30FN5O3/c1-17-12-29(13-21(17)30-15-27(2)24(32)28(3)16-30)22-19(25)10-7-11-20(22)26-23(31)33-14-18-8-5-4-6-9-18/h4-11,17,21H,12-16H2,1-3H3,(H,26,31)/t17-,21+/m0/s1. The first-order valence-corrected chi connectivity index (χ1v) is 11.0. The SMILES string of the molecule is C[C@H]1CN(c2c(F)cccc2NC(=O)OCc2ccccc2)C[C@H]1N1CN(C)C(=O)N(C)C1. The zero-order chi connectivity index (χ0) is 23.5. The number of halogens is 1. The third-order valence-electron chi connectivity index (χ3n) is 6.23. The van der Waals surface area contributed by atoms with Gasteiger partial charge in [-0.3, -0.25) is 10.2 Å². The number of urea groups is 1. The molecule has 2 aromatic carbocycles. The first-order chi connectivity index (χ1) is 15.8. The van der Waals surface area contributed by atoms with Crippen molar-refractivity contribution >= 4 is 23.5 Å². The van der Waals surface area contributed by atoms with Crippen molar-refractivity contribution in [1.29, 1.82) is 0 Å². The summed E-state index contributed by atoms with van der Waals surface area (Å²) >= 11 is 0. The molecule has 0 spiro atoms. The smallest absolute Gasteiger partial charge is 0.412 e. The molecule has 2 heterocycles. The van der Waals surface area contributed by atoms with Crippen LogP contribution in [0.1, 0.15) is 12.5 Å². The fourth-order valence-electron chi connectivity index (χ4n) is 4.63. The van der Waals surface area contributed by atoms with Gasteiger partial charge in [0.05, 0.1) is 24.7 Å². The van der Waals surface area contributed by atoms with Crippen molar-refractivity contribution in [2.45, 2.75) is 19.6 Å². The molecule has 3 amide bonds. The van der Waals surface area contributed by atoms with Gasteiger partial charge in [-0.15, -0.1) is 0 Å². The summed E-state index contributed by atoms with van der Waals surface area (Å²) in [6.07, 6.45) is -0.632. The average molecular weight is 456 g/mol. The van der Waals surface area contributed by atoms with Crippen molar-refractivity contribution in [3.05, 3.63) is 59.9 Å². The number of amides is 3. The second-order valence-electron chi connectivity index (χ2n) is 8.82. The fraction of sp³-hybridized carbons (Fsp3) is 0.417. The Morgan fingerprint density at radius 2 is 1.76 bits per heavy atom. The predicted molar refractivity (Wildman–Crippen MR) is 124 cm³/mol. The van der Waals surface area contributed by atoms with E-state index < -0.39 is 11.9 Å². The van der Waals surface area contributed by atoms with Gasteiger partial charge in [0.15, 0.2) is 0 Å². The van der Waals surface area contributed by atoms with Crippen LogP contribution >= 0.6 is 0 Å². The van der Waals surface area contributed by atoms with Crippen LogP contribution in [0.15, 0.2) is 48.5 Å². The Morgan fingerprint density at radius 1 is 1.06 bits per heavy atom. The van der Waals surface area contributed by atoms with Gasteiger partial charge in [0, 0.05) is 33.2 Å². The predicted octanol–water partition coefficient (Wildman–Crippen LogP) is 3.61. The first-order valence-electron chi connectivity index (χ1n) is 11.0. The van der Waals surface area contributed by atoms with E-state index in [-0.39, 0.29) is 24.6 Å². The summed E-state index contributed by atoms with van der Waals surface area (Å²) < 4.78 is 20.3. The number of anilines is 2. The first kappa shape index (κ1) is 22.8. The van der Waals surface area contributed by atoms with Crippen LogP contribution in [0.4, 0.5) is 25.4 Å². The normalized spacial score (nSPS) is 21.5. The van der Waals surface area contributed by atoms with Crippen LogP contribution in [0.2, 0.25) is 0 Å². The number of hydrogen-bond donors (Lipinski definition) is 1. The fourth-order valence-corrected chi connectivity index (χ4v) is 4.63. The molecule has 0 bridgehead atoms. The number of nitrogens with one attached hydrogen (secondary N) is 1. The van der Waals surface area contributed by atoms with Crippen LogP contribution < -0.4 is 10.2 Å². The molecule has 2 aliphatic rings. The molecule has 1 N–H and O–H groups in total. The Hall–Kier alpha value is -3.33. The van der Waals surface area contributed by atoms with Gasteiger partial charge in [-0.2, -0.15) is 0 Å². The second kappa shape index (κ2) is 9.66. The topological polar surface area (TPSA) is 68.4 Å². The van der Waals surface area contributed by atoms with Gasteiger partial charge in [-0.1, -0.05) is 43.3 Å². The molecule has 9 heteroatoms.